The second-order valence-electron chi connectivity index (χ2n) is 3.64. The van der Waals surface area contributed by atoms with Crippen LogP contribution in [0, 0.1) is 17.8 Å². The van der Waals surface area contributed by atoms with Gasteiger partial charge in [0.1, 0.15) is 5.78 Å². The monoisotopic (exact) mass is 280 g/mol. The van der Waals surface area contributed by atoms with Gasteiger partial charge in [-0.05, 0) is 18.8 Å². The maximum Gasteiger partial charge on any atom is 0.141 e. The summed E-state index contributed by atoms with van der Waals surface area (Å²) in [6.07, 6.45) is 2.26. The Kier molecular flexibility index (Phi) is 1.73. The van der Waals surface area contributed by atoms with E-state index in [9.17, 15) is 4.79 Å². The maximum atomic E-state index is 11.5. The van der Waals surface area contributed by atoms with Gasteiger partial charge in [0.05, 0.1) is 3.23 Å². The lowest BCUT2D eigenvalue weighted by molar-refractivity contribution is -0.125. The van der Waals surface area contributed by atoms with Crippen molar-refractivity contribution in [2.45, 2.75) is 23.0 Å². The quantitative estimate of drug-likeness (QED) is 0.624. The molecule has 2 aliphatic rings. The Morgan fingerprint density at radius 1 is 1.45 bits per heavy atom. The second kappa shape index (κ2) is 2.32. The van der Waals surface area contributed by atoms with Gasteiger partial charge in [-0.25, -0.2) is 0 Å². The molecule has 0 aromatic heterocycles. The molecule has 3 heteroatoms. The molecule has 2 saturated carbocycles. The molecule has 0 aromatic rings. The lowest BCUT2D eigenvalue weighted by Crippen LogP contribution is -2.19. The largest absolute Gasteiger partial charge is 0.299 e. The van der Waals surface area contributed by atoms with E-state index in [1.807, 2.05) is 6.92 Å². The minimum absolute atomic E-state index is 0.0259. The molecular formula is C8H10Br2O. The highest BCUT2D eigenvalue weighted by Crippen LogP contribution is 2.66. The Bertz CT molecular complexity index is 212. The van der Waals surface area contributed by atoms with Crippen LogP contribution in [0.3, 0.4) is 0 Å². The van der Waals surface area contributed by atoms with Crippen molar-refractivity contribution < 1.29 is 4.79 Å². The summed E-state index contributed by atoms with van der Waals surface area (Å²) in [7, 11) is 0. The molecule has 0 aromatic carbocycles. The van der Waals surface area contributed by atoms with Gasteiger partial charge in [0.2, 0.25) is 0 Å². The van der Waals surface area contributed by atoms with Crippen LogP contribution in [-0.2, 0) is 4.79 Å². The Balaban J connectivity index is 2.19. The Morgan fingerprint density at radius 3 is 2.64 bits per heavy atom. The van der Waals surface area contributed by atoms with Crippen molar-refractivity contribution in [1.82, 2.24) is 0 Å². The molecular weight excluding hydrogens is 272 g/mol. The van der Waals surface area contributed by atoms with Crippen LogP contribution in [0.5, 0.6) is 0 Å². The van der Waals surface area contributed by atoms with Gasteiger partial charge in [-0.2, -0.15) is 0 Å². The number of halogens is 2. The zero-order valence-corrected chi connectivity index (χ0v) is 9.48. The van der Waals surface area contributed by atoms with E-state index in [0.717, 1.165) is 6.42 Å². The van der Waals surface area contributed by atoms with Gasteiger partial charge in [-0.15, -0.1) is 0 Å². The van der Waals surface area contributed by atoms with Crippen LogP contribution in [-0.4, -0.2) is 9.02 Å². The fourth-order valence-electron chi connectivity index (χ4n) is 2.02. The van der Waals surface area contributed by atoms with E-state index >= 15 is 0 Å². The standard InChI is InChI=1S/C8H10Br2O/c1-4-2-3-5-6(7(4)11)8(5,9)10/h4-6H,2-3H2,1H3. The first-order valence-corrected chi connectivity index (χ1v) is 5.55. The Morgan fingerprint density at radius 2 is 2.09 bits per heavy atom. The normalized spacial score (nSPS) is 46.8. The fraction of sp³-hybridized carbons (Fsp3) is 0.875. The molecule has 3 atom stereocenters. The summed E-state index contributed by atoms with van der Waals surface area (Å²) in [5.74, 6) is 1.54. The van der Waals surface area contributed by atoms with Crippen LogP contribution in [0.4, 0.5) is 0 Å². The molecule has 2 fully saturated rings. The summed E-state index contributed by atoms with van der Waals surface area (Å²) >= 11 is 7.09. The van der Waals surface area contributed by atoms with Crippen LogP contribution in [0.1, 0.15) is 19.8 Å². The summed E-state index contributed by atoms with van der Waals surface area (Å²) in [5, 5.41) is 0. The summed E-state index contributed by atoms with van der Waals surface area (Å²) in [6, 6.07) is 0. The fourth-order valence-corrected chi connectivity index (χ4v) is 3.83. The van der Waals surface area contributed by atoms with Crippen molar-refractivity contribution in [1.29, 1.82) is 0 Å². The van der Waals surface area contributed by atoms with Crippen LogP contribution in [0.25, 0.3) is 0 Å². The van der Waals surface area contributed by atoms with Gasteiger partial charge < -0.3 is 0 Å². The highest BCUT2D eigenvalue weighted by atomic mass is 79.9. The third kappa shape index (κ3) is 1.04. The van der Waals surface area contributed by atoms with Crippen LogP contribution < -0.4 is 0 Å². The number of hydrogen-bond donors (Lipinski definition) is 0. The predicted molar refractivity (Wildman–Crippen MR) is 51.0 cm³/mol. The van der Waals surface area contributed by atoms with Crippen molar-refractivity contribution in [3.63, 3.8) is 0 Å². The molecule has 0 spiro atoms. The van der Waals surface area contributed by atoms with E-state index in [-0.39, 0.29) is 15.1 Å². The number of hydrogen-bond acceptors (Lipinski definition) is 1. The lowest BCUT2D eigenvalue weighted by atomic mass is 9.90. The number of alkyl halides is 2. The number of Topliss-reactive ketones (excluding diaryl/α,β-unsaturated/α-hetero) is 1. The highest BCUT2D eigenvalue weighted by molar-refractivity contribution is 9.25. The van der Waals surface area contributed by atoms with Crippen LogP contribution in [0.15, 0.2) is 0 Å². The van der Waals surface area contributed by atoms with Gasteiger partial charge in [0, 0.05) is 11.8 Å². The van der Waals surface area contributed by atoms with E-state index in [1.54, 1.807) is 0 Å². The van der Waals surface area contributed by atoms with E-state index < -0.39 is 0 Å². The molecule has 0 amide bonds. The smallest absolute Gasteiger partial charge is 0.141 e. The molecule has 0 aliphatic heterocycles. The molecule has 11 heavy (non-hydrogen) atoms. The van der Waals surface area contributed by atoms with E-state index in [0.29, 0.717) is 11.7 Å². The summed E-state index contributed by atoms with van der Waals surface area (Å²) in [5.41, 5.74) is 0. The highest BCUT2D eigenvalue weighted by Gasteiger charge is 2.67. The molecule has 0 bridgehead atoms. The Labute approximate surface area is 83.2 Å². The van der Waals surface area contributed by atoms with Gasteiger partial charge in [-0.3, -0.25) is 4.79 Å². The molecule has 2 rings (SSSR count). The van der Waals surface area contributed by atoms with Crippen molar-refractivity contribution in [2.75, 3.05) is 0 Å². The first-order valence-electron chi connectivity index (χ1n) is 3.96. The number of ketones is 1. The number of fused-ring (bicyclic) bond motifs is 1. The zero-order chi connectivity index (χ0) is 8.22. The van der Waals surface area contributed by atoms with Crippen LogP contribution in [0.2, 0.25) is 0 Å². The minimum Gasteiger partial charge on any atom is -0.299 e. The predicted octanol–water partition coefficient (Wildman–Crippen LogP) is 2.72. The third-order valence-corrected chi connectivity index (χ3v) is 5.07. The number of carbonyl (C=O) groups is 1. The van der Waals surface area contributed by atoms with E-state index in [4.69, 9.17) is 0 Å². The molecule has 1 nitrogen and oxygen atoms in total. The zero-order valence-electron chi connectivity index (χ0n) is 6.31. The minimum atomic E-state index is -0.0259. The van der Waals surface area contributed by atoms with Crippen molar-refractivity contribution in [3.05, 3.63) is 0 Å². The third-order valence-electron chi connectivity index (χ3n) is 2.91. The molecule has 3 unspecified atom stereocenters. The summed E-state index contributed by atoms with van der Waals surface area (Å²) < 4.78 is -0.0259. The average molecular weight is 282 g/mol. The van der Waals surface area contributed by atoms with E-state index in [2.05, 4.69) is 31.9 Å². The van der Waals surface area contributed by atoms with Gasteiger partial charge in [0.25, 0.3) is 0 Å². The molecule has 0 radical (unpaired) electrons. The van der Waals surface area contributed by atoms with Gasteiger partial charge >= 0.3 is 0 Å². The summed E-state index contributed by atoms with van der Waals surface area (Å²) in [6.45, 7) is 2.03. The second-order valence-corrected chi connectivity index (χ2v) is 7.33. The SMILES string of the molecule is CC1CCC2C(C1=O)C2(Br)Br. The Hall–Kier alpha value is 0.630. The van der Waals surface area contributed by atoms with Crippen molar-refractivity contribution in [2.24, 2.45) is 17.8 Å². The number of carbonyl (C=O) groups excluding carboxylic acids is 1. The lowest BCUT2D eigenvalue weighted by Gasteiger charge is -2.13. The van der Waals surface area contributed by atoms with E-state index in [1.165, 1.54) is 6.42 Å². The van der Waals surface area contributed by atoms with Gasteiger partial charge in [0.15, 0.2) is 0 Å². The molecule has 0 N–H and O–H groups in total. The molecule has 62 valence electrons. The average Bonchev–Trinajstić information content (AvgIpc) is 2.46. The maximum absolute atomic E-state index is 11.5. The number of rotatable bonds is 0. The molecule has 2 aliphatic carbocycles. The van der Waals surface area contributed by atoms with Crippen molar-refractivity contribution >= 4 is 37.6 Å². The first-order chi connectivity index (χ1) is 5.05. The molecule has 0 saturated heterocycles. The molecule has 0 heterocycles. The van der Waals surface area contributed by atoms with Crippen LogP contribution >= 0.6 is 31.9 Å². The van der Waals surface area contributed by atoms with Gasteiger partial charge in [-0.1, -0.05) is 38.8 Å². The van der Waals surface area contributed by atoms with Crippen molar-refractivity contribution in [3.8, 4) is 0 Å². The topological polar surface area (TPSA) is 17.1 Å². The summed E-state index contributed by atoms with van der Waals surface area (Å²) in [4.78, 5) is 11.5. The first kappa shape index (κ1) is 8.24.